The Morgan fingerprint density at radius 3 is 2.25 bits per heavy atom. The fourth-order valence-corrected chi connectivity index (χ4v) is 1.45. The number of methoxy groups -OCH3 is 1. The zero-order valence-corrected chi connectivity index (χ0v) is 12.5. The predicted octanol–water partition coefficient (Wildman–Crippen LogP) is 0.545. The first-order valence-corrected chi connectivity index (χ1v) is 6.79. The van der Waals surface area contributed by atoms with E-state index in [1.165, 1.54) is 13.5 Å². The zero-order valence-electron chi connectivity index (χ0n) is 12.5. The maximum Gasteiger partial charge on any atom is 0.328 e. The first-order chi connectivity index (χ1) is 9.58. The van der Waals surface area contributed by atoms with E-state index >= 15 is 0 Å². The van der Waals surface area contributed by atoms with Gasteiger partial charge in [0.2, 0.25) is 0 Å². The minimum absolute atomic E-state index is 0.0995. The Morgan fingerprint density at radius 2 is 1.80 bits per heavy atom. The van der Waals surface area contributed by atoms with Gasteiger partial charge >= 0.3 is 5.97 Å². The van der Waals surface area contributed by atoms with Crippen LogP contribution in [0, 0.1) is 0 Å². The van der Waals surface area contributed by atoms with Gasteiger partial charge in [-0.25, -0.2) is 4.79 Å². The van der Waals surface area contributed by atoms with E-state index in [9.17, 15) is 9.59 Å². The average molecular weight is 281 g/mol. The van der Waals surface area contributed by atoms with Crippen LogP contribution < -0.4 is 11.1 Å². The molecule has 0 unspecified atom stereocenters. The van der Waals surface area contributed by atoms with Gasteiger partial charge in [-0.15, -0.1) is 0 Å². The molecule has 0 aromatic heterocycles. The molecule has 0 bridgehead atoms. The lowest BCUT2D eigenvalue weighted by atomic mass is 10.1. The van der Waals surface area contributed by atoms with Crippen molar-refractivity contribution in [2.45, 2.75) is 32.7 Å². The molecule has 0 spiro atoms. The van der Waals surface area contributed by atoms with Crippen molar-refractivity contribution >= 4 is 11.9 Å². The molecule has 5 nitrogen and oxygen atoms in total. The molecule has 0 heterocycles. The molecule has 0 fully saturated rings. The lowest BCUT2D eigenvalue weighted by molar-refractivity contribution is -0.355. The molecule has 0 saturated carbocycles. The first kappa shape index (κ1) is 18.1. The second-order valence-electron chi connectivity index (χ2n) is 4.29. The van der Waals surface area contributed by atoms with Gasteiger partial charge in [-0.3, -0.25) is 4.79 Å². The highest BCUT2D eigenvalue weighted by Gasteiger charge is 2.21. The van der Waals surface area contributed by atoms with Crippen LogP contribution in [0.5, 0.6) is 0 Å². The van der Waals surface area contributed by atoms with Crippen LogP contribution in [0.25, 0.3) is 0 Å². The molecule has 5 heteroatoms. The lowest BCUT2D eigenvalue weighted by Gasteiger charge is -2.15. The Labute approximate surface area is 120 Å². The number of quaternary nitrogens is 1. The van der Waals surface area contributed by atoms with Crippen molar-refractivity contribution in [3.05, 3.63) is 35.9 Å². The monoisotopic (exact) mass is 281 g/mol. The Balaban J connectivity index is 0.00000110. The molecule has 20 heavy (non-hydrogen) atoms. The van der Waals surface area contributed by atoms with E-state index in [2.05, 4.69) is 29.6 Å². The standard InChI is InChI=1S/C12H16N2O3.C3H8/c1-17-12(16)10(14-11(15)8-13)7-9-5-3-2-4-6-9;1-3-2/h2-6,10H,7-8,13H2,1H3,(H,14,15);3H2,1-2H3/p+1/t10-;/m0./s1. The molecular formula is C15H25N2O3+. The van der Waals surface area contributed by atoms with Crippen LogP contribution in [-0.2, 0) is 20.7 Å². The third kappa shape index (κ3) is 7.53. The van der Waals surface area contributed by atoms with Gasteiger partial charge < -0.3 is 15.8 Å². The lowest BCUT2D eigenvalue weighted by Crippen LogP contribution is -2.59. The second kappa shape index (κ2) is 11.0. The number of carbonyl (C=O) groups is 2. The van der Waals surface area contributed by atoms with Gasteiger partial charge in [0.15, 0.2) is 6.54 Å². The van der Waals surface area contributed by atoms with Crippen LogP contribution in [-0.4, -0.2) is 31.6 Å². The van der Waals surface area contributed by atoms with E-state index in [-0.39, 0.29) is 12.5 Å². The number of hydrogen-bond donors (Lipinski definition) is 2. The second-order valence-corrected chi connectivity index (χ2v) is 4.29. The molecular weight excluding hydrogens is 256 g/mol. The van der Waals surface area contributed by atoms with Gasteiger partial charge in [0.1, 0.15) is 6.04 Å². The summed E-state index contributed by atoms with van der Waals surface area (Å²) in [6.45, 7) is 4.35. The number of ether oxygens (including phenoxy) is 1. The third-order valence-corrected chi connectivity index (χ3v) is 2.33. The third-order valence-electron chi connectivity index (χ3n) is 2.33. The number of benzene rings is 1. The molecule has 1 atom stereocenters. The Bertz CT molecular complexity index is 393. The van der Waals surface area contributed by atoms with Crippen LogP contribution in [0.15, 0.2) is 30.3 Å². The minimum Gasteiger partial charge on any atom is -0.467 e. The van der Waals surface area contributed by atoms with E-state index in [1.54, 1.807) is 0 Å². The van der Waals surface area contributed by atoms with Gasteiger partial charge in [0.25, 0.3) is 5.91 Å². The Hall–Kier alpha value is -1.88. The van der Waals surface area contributed by atoms with Crippen molar-refractivity contribution in [3.63, 3.8) is 0 Å². The molecule has 1 aromatic carbocycles. The summed E-state index contributed by atoms with van der Waals surface area (Å²) in [5.74, 6) is -0.716. The maximum atomic E-state index is 11.5. The summed E-state index contributed by atoms with van der Waals surface area (Å²) < 4.78 is 4.66. The van der Waals surface area contributed by atoms with Crippen molar-refractivity contribution in [3.8, 4) is 0 Å². The van der Waals surface area contributed by atoms with Crippen LogP contribution in [0.4, 0.5) is 0 Å². The van der Waals surface area contributed by atoms with Gasteiger partial charge in [0.05, 0.1) is 7.11 Å². The van der Waals surface area contributed by atoms with Crippen molar-refractivity contribution in [1.29, 1.82) is 0 Å². The summed E-state index contributed by atoms with van der Waals surface area (Å²) in [5.41, 5.74) is 4.43. The average Bonchev–Trinajstić information content (AvgIpc) is 2.47. The highest BCUT2D eigenvalue weighted by molar-refractivity contribution is 5.84. The summed E-state index contributed by atoms with van der Waals surface area (Å²) >= 11 is 0. The van der Waals surface area contributed by atoms with Crippen molar-refractivity contribution in [2.24, 2.45) is 0 Å². The van der Waals surface area contributed by atoms with Crippen molar-refractivity contribution < 1.29 is 20.1 Å². The molecule has 0 aliphatic rings. The number of hydrogen-bond acceptors (Lipinski definition) is 3. The van der Waals surface area contributed by atoms with Gasteiger partial charge in [0, 0.05) is 6.42 Å². The minimum atomic E-state index is -0.656. The van der Waals surface area contributed by atoms with Crippen LogP contribution >= 0.6 is 0 Å². The van der Waals surface area contributed by atoms with Crippen molar-refractivity contribution in [2.75, 3.05) is 13.7 Å². The molecule has 4 N–H and O–H groups in total. The number of rotatable bonds is 5. The number of carbonyl (C=O) groups excluding carboxylic acids is 2. The SMILES string of the molecule is CCC.COC(=O)[C@H](Cc1ccccc1)NC(=O)C[NH3+]. The quantitative estimate of drug-likeness (QED) is 0.773. The number of nitrogens with one attached hydrogen (secondary N) is 1. The molecule has 1 rings (SSSR count). The van der Waals surface area contributed by atoms with Crippen LogP contribution in [0.1, 0.15) is 25.8 Å². The highest BCUT2D eigenvalue weighted by atomic mass is 16.5. The molecule has 0 radical (unpaired) electrons. The fraction of sp³-hybridized carbons (Fsp3) is 0.467. The van der Waals surface area contributed by atoms with Crippen LogP contribution in [0.3, 0.4) is 0 Å². The van der Waals surface area contributed by atoms with Gasteiger partial charge in [-0.05, 0) is 5.56 Å². The summed E-state index contributed by atoms with van der Waals surface area (Å²) in [6.07, 6.45) is 1.67. The Kier molecular flexibility index (Phi) is 9.96. The van der Waals surface area contributed by atoms with Crippen LogP contribution in [0.2, 0.25) is 0 Å². The largest absolute Gasteiger partial charge is 0.467 e. The topological polar surface area (TPSA) is 83.0 Å². The van der Waals surface area contributed by atoms with Gasteiger partial charge in [-0.2, -0.15) is 0 Å². The molecule has 1 aromatic rings. The predicted molar refractivity (Wildman–Crippen MR) is 77.8 cm³/mol. The fourth-order valence-electron chi connectivity index (χ4n) is 1.45. The maximum absolute atomic E-state index is 11.5. The molecule has 0 aliphatic carbocycles. The van der Waals surface area contributed by atoms with E-state index < -0.39 is 12.0 Å². The summed E-state index contributed by atoms with van der Waals surface area (Å²) in [6, 6.07) is 8.79. The Morgan fingerprint density at radius 1 is 1.25 bits per heavy atom. The molecule has 0 aliphatic heterocycles. The van der Waals surface area contributed by atoms with E-state index in [0.29, 0.717) is 6.42 Å². The summed E-state index contributed by atoms with van der Waals surface area (Å²) in [7, 11) is 1.30. The van der Waals surface area contributed by atoms with E-state index in [4.69, 9.17) is 0 Å². The molecule has 1 amide bonds. The van der Waals surface area contributed by atoms with Crippen molar-refractivity contribution in [1.82, 2.24) is 5.32 Å². The number of esters is 1. The smallest absolute Gasteiger partial charge is 0.328 e. The highest BCUT2D eigenvalue weighted by Crippen LogP contribution is 2.04. The van der Waals surface area contributed by atoms with E-state index in [0.717, 1.165) is 5.56 Å². The summed E-state index contributed by atoms with van der Waals surface area (Å²) in [4.78, 5) is 22.8. The molecule has 0 saturated heterocycles. The first-order valence-electron chi connectivity index (χ1n) is 6.79. The summed E-state index contributed by atoms with van der Waals surface area (Å²) in [5, 5.41) is 2.59. The number of amides is 1. The zero-order chi connectivity index (χ0) is 15.4. The van der Waals surface area contributed by atoms with E-state index in [1.807, 2.05) is 30.3 Å². The normalized spacial score (nSPS) is 10.8. The molecule has 112 valence electrons. The van der Waals surface area contributed by atoms with Gasteiger partial charge in [-0.1, -0.05) is 50.6 Å².